The molecule has 0 amide bonds. The Bertz CT molecular complexity index is 1110. The van der Waals surface area contributed by atoms with Gasteiger partial charge in [0.05, 0.1) is 22.4 Å². The normalized spacial score (nSPS) is 20.1. The Kier molecular flexibility index (Phi) is 4.44. The predicted octanol–water partition coefficient (Wildman–Crippen LogP) is 4.01. The molecule has 0 spiro atoms. The maximum atomic E-state index is 14.6. The smallest absolute Gasteiger partial charge is 0.184 e. The molecule has 8 heteroatoms. The van der Waals surface area contributed by atoms with Crippen LogP contribution in [0.4, 0.5) is 9.52 Å². The van der Waals surface area contributed by atoms with Crippen LogP contribution in [0.1, 0.15) is 37.1 Å². The summed E-state index contributed by atoms with van der Waals surface area (Å²) < 4.78 is 15.4. The van der Waals surface area contributed by atoms with Gasteiger partial charge < -0.3 is 15.4 Å². The molecule has 1 saturated carbocycles. The zero-order valence-corrected chi connectivity index (χ0v) is 16.0. The van der Waals surface area contributed by atoms with E-state index in [9.17, 15) is 9.50 Å². The van der Waals surface area contributed by atoms with Gasteiger partial charge in [0, 0.05) is 12.6 Å². The number of hydrogen-bond acceptors (Lipinski definition) is 6. The molecule has 2 atom stereocenters. The molecule has 0 bridgehead atoms. The number of imidazole rings is 1. The maximum absolute atomic E-state index is 14.6. The van der Waals surface area contributed by atoms with E-state index < -0.39 is 0 Å². The average molecular weight is 397 g/mol. The molecule has 1 aromatic carbocycles. The third kappa shape index (κ3) is 3.33. The van der Waals surface area contributed by atoms with E-state index in [1.807, 2.05) is 18.2 Å². The molecule has 2 unspecified atom stereocenters. The number of halogens is 1. The van der Waals surface area contributed by atoms with Gasteiger partial charge in [-0.05, 0) is 42.7 Å². The van der Waals surface area contributed by atoms with Crippen molar-refractivity contribution in [2.75, 3.05) is 5.32 Å². The summed E-state index contributed by atoms with van der Waals surface area (Å²) in [4.78, 5) is 16.3. The van der Waals surface area contributed by atoms with Crippen molar-refractivity contribution in [1.82, 2.24) is 19.9 Å². The lowest BCUT2D eigenvalue weighted by molar-refractivity contribution is 0.116. The third-order valence-corrected chi connectivity index (χ3v) is 6.16. The molecular weight excluding hydrogens is 377 g/mol. The zero-order valence-electron chi connectivity index (χ0n) is 15.2. The van der Waals surface area contributed by atoms with E-state index >= 15 is 0 Å². The molecule has 0 saturated heterocycles. The molecule has 28 heavy (non-hydrogen) atoms. The van der Waals surface area contributed by atoms with Crippen LogP contribution in [0.3, 0.4) is 0 Å². The summed E-state index contributed by atoms with van der Waals surface area (Å²) in [5.41, 5.74) is 2.73. The Morgan fingerprint density at radius 2 is 2.14 bits per heavy atom. The highest BCUT2D eigenvalue weighted by Gasteiger charge is 2.24. The van der Waals surface area contributed by atoms with E-state index in [2.05, 4.69) is 25.3 Å². The standard InChI is InChI=1S/C20H20FN5OS/c21-12-8-11(10-17-23-14-5-3-7-22-19(14)25-17)9-16-18(12)26-20(28-16)24-13-4-1-2-6-15(13)27/h3,5,7-9,13,15,27H,1-2,4,6,10H2,(H,24,26)(H,22,23,25). The topological polar surface area (TPSA) is 86.7 Å². The number of aromatic nitrogens is 4. The molecule has 1 fully saturated rings. The number of anilines is 1. The number of fused-ring (bicyclic) bond motifs is 2. The van der Waals surface area contributed by atoms with Crippen LogP contribution in [-0.2, 0) is 6.42 Å². The summed E-state index contributed by atoms with van der Waals surface area (Å²) in [5, 5.41) is 14.1. The van der Waals surface area contributed by atoms with Crippen LogP contribution < -0.4 is 5.32 Å². The van der Waals surface area contributed by atoms with Gasteiger partial charge in [-0.15, -0.1) is 0 Å². The molecule has 3 aromatic heterocycles. The monoisotopic (exact) mass is 397 g/mol. The molecule has 4 aromatic rings. The lowest BCUT2D eigenvalue weighted by Gasteiger charge is -2.27. The molecule has 0 aliphatic heterocycles. The van der Waals surface area contributed by atoms with Gasteiger partial charge in [0.1, 0.15) is 11.3 Å². The molecule has 3 N–H and O–H groups in total. The number of rotatable bonds is 4. The lowest BCUT2D eigenvalue weighted by Crippen LogP contribution is -2.36. The van der Waals surface area contributed by atoms with E-state index in [-0.39, 0.29) is 18.0 Å². The minimum Gasteiger partial charge on any atom is -0.391 e. The van der Waals surface area contributed by atoms with Gasteiger partial charge in [-0.3, -0.25) is 0 Å². The molecule has 3 heterocycles. The number of nitrogens with zero attached hydrogens (tertiary/aromatic N) is 3. The highest BCUT2D eigenvalue weighted by atomic mass is 32.1. The van der Waals surface area contributed by atoms with Gasteiger partial charge in [0.25, 0.3) is 0 Å². The van der Waals surface area contributed by atoms with Crippen LogP contribution in [-0.4, -0.2) is 37.2 Å². The Morgan fingerprint density at radius 1 is 1.25 bits per heavy atom. The summed E-state index contributed by atoms with van der Waals surface area (Å²) in [6.07, 6.45) is 5.67. The molecule has 144 valence electrons. The first-order valence-corrected chi connectivity index (χ1v) is 10.3. The minimum atomic E-state index is -0.372. The van der Waals surface area contributed by atoms with Crippen LogP contribution in [0.2, 0.25) is 0 Å². The van der Waals surface area contributed by atoms with Crippen LogP contribution in [0.15, 0.2) is 30.5 Å². The fraction of sp³-hybridized carbons (Fsp3) is 0.350. The second-order valence-corrected chi connectivity index (χ2v) is 8.31. The van der Waals surface area contributed by atoms with Crippen molar-refractivity contribution < 1.29 is 9.50 Å². The Labute approximate surface area is 164 Å². The Balaban J connectivity index is 1.41. The number of aliphatic hydroxyl groups is 1. The maximum Gasteiger partial charge on any atom is 0.184 e. The van der Waals surface area contributed by atoms with Gasteiger partial charge in [-0.25, -0.2) is 19.3 Å². The predicted molar refractivity (Wildman–Crippen MR) is 108 cm³/mol. The first kappa shape index (κ1) is 17.5. The van der Waals surface area contributed by atoms with Crippen LogP contribution >= 0.6 is 11.3 Å². The molecule has 6 nitrogen and oxygen atoms in total. The summed E-state index contributed by atoms with van der Waals surface area (Å²) in [6, 6.07) is 7.23. The van der Waals surface area contributed by atoms with Crippen molar-refractivity contribution in [2.24, 2.45) is 0 Å². The van der Waals surface area contributed by atoms with E-state index in [0.717, 1.165) is 47.3 Å². The quantitative estimate of drug-likeness (QED) is 0.484. The SMILES string of the molecule is OC1CCCCC1Nc1nc2c(F)cc(Cc3nc4ncccc4[nH]3)cc2s1. The van der Waals surface area contributed by atoms with Gasteiger partial charge in [-0.1, -0.05) is 24.2 Å². The number of aliphatic hydroxyl groups excluding tert-OH is 1. The van der Waals surface area contributed by atoms with Crippen molar-refractivity contribution in [2.45, 2.75) is 44.2 Å². The summed E-state index contributed by atoms with van der Waals surface area (Å²) in [5.74, 6) is 0.413. The van der Waals surface area contributed by atoms with Gasteiger partial charge >= 0.3 is 0 Å². The van der Waals surface area contributed by atoms with Gasteiger partial charge in [0.15, 0.2) is 16.6 Å². The van der Waals surface area contributed by atoms with Crippen LogP contribution in [0.5, 0.6) is 0 Å². The van der Waals surface area contributed by atoms with Gasteiger partial charge in [-0.2, -0.15) is 0 Å². The fourth-order valence-corrected chi connectivity index (χ4v) is 4.82. The van der Waals surface area contributed by atoms with E-state index in [1.54, 1.807) is 6.20 Å². The zero-order chi connectivity index (χ0) is 19.1. The summed E-state index contributed by atoms with van der Waals surface area (Å²) in [7, 11) is 0. The van der Waals surface area contributed by atoms with Crippen molar-refractivity contribution >= 4 is 37.8 Å². The number of benzene rings is 1. The van der Waals surface area contributed by atoms with E-state index in [1.165, 1.54) is 17.4 Å². The molecular formula is C20H20FN5OS. The van der Waals surface area contributed by atoms with Crippen molar-refractivity contribution in [1.29, 1.82) is 0 Å². The number of nitrogens with one attached hydrogen (secondary N) is 2. The molecule has 1 aliphatic rings. The summed E-state index contributed by atoms with van der Waals surface area (Å²) in [6.45, 7) is 0. The van der Waals surface area contributed by atoms with Crippen LogP contribution in [0, 0.1) is 5.82 Å². The van der Waals surface area contributed by atoms with Crippen LogP contribution in [0.25, 0.3) is 21.4 Å². The third-order valence-electron chi connectivity index (χ3n) is 5.22. The first-order chi connectivity index (χ1) is 13.7. The molecule has 5 rings (SSSR count). The largest absolute Gasteiger partial charge is 0.391 e. The van der Waals surface area contributed by atoms with E-state index in [4.69, 9.17) is 0 Å². The van der Waals surface area contributed by atoms with Crippen molar-refractivity contribution in [3.8, 4) is 0 Å². The van der Waals surface area contributed by atoms with E-state index in [0.29, 0.717) is 22.7 Å². The number of H-pyrrole nitrogens is 1. The Hall–Kier alpha value is -2.58. The second kappa shape index (κ2) is 7.10. The number of thiazole rings is 1. The van der Waals surface area contributed by atoms with Crippen molar-refractivity contribution in [3.05, 3.63) is 47.7 Å². The highest BCUT2D eigenvalue weighted by Crippen LogP contribution is 2.31. The second-order valence-electron chi connectivity index (χ2n) is 7.28. The van der Waals surface area contributed by atoms with Crippen molar-refractivity contribution in [3.63, 3.8) is 0 Å². The lowest BCUT2D eigenvalue weighted by atomic mass is 9.93. The minimum absolute atomic E-state index is 0.0140. The van der Waals surface area contributed by atoms with Gasteiger partial charge in [0.2, 0.25) is 0 Å². The summed E-state index contributed by atoms with van der Waals surface area (Å²) >= 11 is 1.42. The Morgan fingerprint density at radius 3 is 3.00 bits per heavy atom. The number of pyridine rings is 1. The highest BCUT2D eigenvalue weighted by molar-refractivity contribution is 7.22. The fourth-order valence-electron chi connectivity index (χ4n) is 3.82. The number of hydrogen-bond donors (Lipinski definition) is 3. The average Bonchev–Trinajstić information content (AvgIpc) is 3.27. The first-order valence-electron chi connectivity index (χ1n) is 9.49. The molecule has 1 aliphatic carbocycles. The molecule has 0 radical (unpaired) electrons. The number of aromatic amines is 1.